The van der Waals surface area contributed by atoms with E-state index in [1.807, 2.05) is 73.0 Å². The van der Waals surface area contributed by atoms with Gasteiger partial charge in [-0.05, 0) is 57.0 Å². The zero-order chi connectivity index (χ0) is 26.8. The van der Waals surface area contributed by atoms with Crippen molar-refractivity contribution in [2.75, 3.05) is 18.5 Å². The van der Waals surface area contributed by atoms with Crippen LogP contribution in [-0.4, -0.2) is 44.7 Å². The molecule has 3 heterocycles. The number of hydrogen-bond donors (Lipinski definition) is 2. The summed E-state index contributed by atoms with van der Waals surface area (Å²) in [6.45, 7) is 9.17. The van der Waals surface area contributed by atoms with Gasteiger partial charge in [-0.3, -0.25) is 14.4 Å². The molecule has 4 aromatic rings. The van der Waals surface area contributed by atoms with Crippen molar-refractivity contribution in [2.45, 2.75) is 40.2 Å². The number of fused-ring (bicyclic) bond motifs is 3. The van der Waals surface area contributed by atoms with E-state index in [0.29, 0.717) is 25.4 Å². The first-order valence-electron chi connectivity index (χ1n) is 12.7. The van der Waals surface area contributed by atoms with Crippen LogP contribution in [0, 0.1) is 26.7 Å². The molecule has 0 bridgehead atoms. The standard InChI is InChI=1S/C29H31N5O3S/c1-5-23(29(35)36)26-27-33-32-19(4)34(27)28-24(17(2)18(3)38-28)25(31-26)20-11-13-21(14-12-20)30-15-16-37-22-9-7-6-8-10-22/h6-14,23,26,30H,5,15-16H2,1-4H3,(H,35,36)/t23?,26-/m0/s1. The normalized spacial score (nSPS) is 15.2. The monoisotopic (exact) mass is 529 g/mol. The number of nitrogens with zero attached hydrogens (tertiary/aromatic N) is 4. The number of aromatic nitrogens is 3. The van der Waals surface area contributed by atoms with Gasteiger partial charge in [-0.2, -0.15) is 0 Å². The Kier molecular flexibility index (Phi) is 7.28. The average Bonchev–Trinajstić information content (AvgIpc) is 3.39. The molecular weight excluding hydrogens is 498 g/mol. The van der Waals surface area contributed by atoms with Crippen LogP contribution >= 0.6 is 11.3 Å². The molecule has 1 aliphatic rings. The Balaban J connectivity index is 1.47. The van der Waals surface area contributed by atoms with Crippen LogP contribution in [0.25, 0.3) is 5.00 Å². The largest absolute Gasteiger partial charge is 0.492 e. The molecule has 38 heavy (non-hydrogen) atoms. The quantitative estimate of drug-likeness (QED) is 0.268. The molecule has 2 aromatic heterocycles. The summed E-state index contributed by atoms with van der Waals surface area (Å²) in [4.78, 5) is 18.6. The van der Waals surface area contributed by atoms with Crippen LogP contribution in [0.5, 0.6) is 5.75 Å². The van der Waals surface area contributed by atoms with Gasteiger partial charge in [0.2, 0.25) is 0 Å². The maximum absolute atomic E-state index is 12.3. The molecule has 5 rings (SSSR count). The Morgan fingerprint density at radius 3 is 2.53 bits per heavy atom. The van der Waals surface area contributed by atoms with E-state index >= 15 is 0 Å². The summed E-state index contributed by atoms with van der Waals surface area (Å²) in [5.41, 5.74) is 4.83. The van der Waals surface area contributed by atoms with Crippen LogP contribution in [0.15, 0.2) is 59.6 Å². The van der Waals surface area contributed by atoms with E-state index in [1.165, 1.54) is 4.88 Å². The Morgan fingerprint density at radius 2 is 1.84 bits per heavy atom. The summed E-state index contributed by atoms with van der Waals surface area (Å²) >= 11 is 1.66. The predicted molar refractivity (Wildman–Crippen MR) is 150 cm³/mol. The molecule has 0 aliphatic carbocycles. The summed E-state index contributed by atoms with van der Waals surface area (Å²) in [6.07, 6.45) is 0.433. The van der Waals surface area contributed by atoms with E-state index in [0.717, 1.165) is 44.7 Å². The number of carbonyl (C=O) groups is 1. The third-order valence-corrected chi connectivity index (χ3v) is 8.12. The van der Waals surface area contributed by atoms with Crippen LogP contribution < -0.4 is 10.1 Å². The van der Waals surface area contributed by atoms with Gasteiger partial charge in [0, 0.05) is 28.2 Å². The van der Waals surface area contributed by atoms with Crippen LogP contribution in [0.1, 0.15) is 52.6 Å². The van der Waals surface area contributed by atoms with Crippen molar-refractivity contribution in [3.05, 3.63) is 87.8 Å². The van der Waals surface area contributed by atoms with Gasteiger partial charge in [0.1, 0.15) is 29.2 Å². The number of carboxylic acids is 1. The highest BCUT2D eigenvalue weighted by atomic mass is 32.1. The van der Waals surface area contributed by atoms with E-state index in [2.05, 4.69) is 29.4 Å². The highest BCUT2D eigenvalue weighted by Crippen LogP contribution is 2.41. The molecule has 0 amide bonds. The van der Waals surface area contributed by atoms with Gasteiger partial charge >= 0.3 is 5.97 Å². The highest BCUT2D eigenvalue weighted by molar-refractivity contribution is 7.15. The minimum Gasteiger partial charge on any atom is -0.492 e. The number of aryl methyl sites for hydroxylation is 2. The lowest BCUT2D eigenvalue weighted by molar-refractivity contribution is -0.142. The van der Waals surface area contributed by atoms with Gasteiger partial charge < -0.3 is 15.2 Å². The fourth-order valence-electron chi connectivity index (χ4n) is 4.78. The molecule has 9 heteroatoms. The second-order valence-corrected chi connectivity index (χ2v) is 10.5. The lowest BCUT2D eigenvalue weighted by Crippen LogP contribution is -2.23. The Labute approximate surface area is 226 Å². The minimum atomic E-state index is -0.886. The van der Waals surface area contributed by atoms with E-state index < -0.39 is 17.9 Å². The molecule has 1 aliphatic heterocycles. The first-order valence-corrected chi connectivity index (χ1v) is 13.6. The smallest absolute Gasteiger partial charge is 0.309 e. The average molecular weight is 530 g/mol. The van der Waals surface area contributed by atoms with Crippen molar-refractivity contribution in [3.63, 3.8) is 0 Å². The predicted octanol–water partition coefficient (Wildman–Crippen LogP) is 5.75. The number of carboxylic acid groups (broad SMARTS) is 1. The number of anilines is 1. The highest BCUT2D eigenvalue weighted by Gasteiger charge is 2.37. The number of thiophene rings is 1. The Hall–Kier alpha value is -3.98. The lowest BCUT2D eigenvalue weighted by atomic mass is 9.95. The molecule has 0 fully saturated rings. The molecular formula is C29H31N5O3S. The molecule has 2 N–H and O–H groups in total. The molecule has 2 aromatic carbocycles. The summed E-state index contributed by atoms with van der Waals surface area (Å²) in [5, 5.41) is 23.2. The molecule has 0 radical (unpaired) electrons. The van der Waals surface area contributed by atoms with Crippen molar-refractivity contribution in [1.82, 2.24) is 14.8 Å². The zero-order valence-electron chi connectivity index (χ0n) is 21.9. The second kappa shape index (κ2) is 10.8. The van der Waals surface area contributed by atoms with Crippen molar-refractivity contribution in [3.8, 4) is 10.8 Å². The lowest BCUT2D eigenvalue weighted by Gasteiger charge is -2.19. The first-order chi connectivity index (χ1) is 18.4. The summed E-state index contributed by atoms with van der Waals surface area (Å²) < 4.78 is 7.77. The fourth-order valence-corrected chi connectivity index (χ4v) is 5.99. The van der Waals surface area contributed by atoms with Gasteiger partial charge in [0.05, 0.1) is 11.6 Å². The fraction of sp³-hybridized carbons (Fsp3) is 0.310. The maximum atomic E-state index is 12.3. The zero-order valence-corrected chi connectivity index (χ0v) is 22.7. The third kappa shape index (κ3) is 4.81. The van der Waals surface area contributed by atoms with Crippen molar-refractivity contribution in [1.29, 1.82) is 0 Å². The summed E-state index contributed by atoms with van der Waals surface area (Å²) in [7, 11) is 0. The molecule has 1 unspecified atom stereocenters. The molecule has 196 valence electrons. The number of hydrogen-bond acceptors (Lipinski definition) is 7. The topological polar surface area (TPSA) is 102 Å². The molecule has 2 atom stereocenters. The van der Waals surface area contributed by atoms with Crippen LogP contribution in [0.3, 0.4) is 0 Å². The van der Waals surface area contributed by atoms with E-state index in [4.69, 9.17) is 9.73 Å². The molecule has 8 nitrogen and oxygen atoms in total. The van der Waals surface area contributed by atoms with Crippen LogP contribution in [0.2, 0.25) is 0 Å². The molecule has 0 spiro atoms. The molecule has 0 saturated carbocycles. The van der Waals surface area contributed by atoms with Gasteiger partial charge in [-0.15, -0.1) is 21.5 Å². The van der Waals surface area contributed by atoms with Crippen molar-refractivity contribution < 1.29 is 14.6 Å². The number of rotatable bonds is 9. The number of aliphatic imine (C=N–C) groups is 1. The van der Waals surface area contributed by atoms with E-state index in [-0.39, 0.29) is 0 Å². The van der Waals surface area contributed by atoms with Gasteiger partial charge in [0.25, 0.3) is 0 Å². The molecule has 0 saturated heterocycles. The van der Waals surface area contributed by atoms with Crippen LogP contribution in [-0.2, 0) is 4.79 Å². The second-order valence-electron chi connectivity index (χ2n) is 9.35. The number of benzene rings is 2. The Bertz CT molecular complexity index is 1470. The third-order valence-electron chi connectivity index (χ3n) is 6.93. The van der Waals surface area contributed by atoms with Gasteiger partial charge in [-0.1, -0.05) is 37.3 Å². The maximum Gasteiger partial charge on any atom is 0.309 e. The minimum absolute atomic E-state index is 0.433. The summed E-state index contributed by atoms with van der Waals surface area (Å²) in [5.74, 6) is 0.545. The number of para-hydroxylation sites is 1. The van der Waals surface area contributed by atoms with Gasteiger partial charge in [-0.25, -0.2) is 0 Å². The van der Waals surface area contributed by atoms with Gasteiger partial charge in [0.15, 0.2) is 5.82 Å². The van der Waals surface area contributed by atoms with Crippen molar-refractivity contribution >= 4 is 28.7 Å². The Morgan fingerprint density at radius 1 is 1.11 bits per heavy atom. The number of ether oxygens (including phenoxy) is 1. The first kappa shape index (κ1) is 25.7. The number of aliphatic carboxylic acids is 1. The van der Waals surface area contributed by atoms with E-state index in [1.54, 1.807) is 11.3 Å². The SMILES string of the molecule is CCC(C(=O)O)[C@@H]1N=C(c2ccc(NCCOc3ccccc3)cc2)c2c(sc(C)c2C)-n2c(C)nnc21. The summed E-state index contributed by atoms with van der Waals surface area (Å²) in [6, 6.07) is 17.2. The van der Waals surface area contributed by atoms with E-state index in [9.17, 15) is 9.90 Å². The number of nitrogens with one attached hydrogen (secondary N) is 1. The van der Waals surface area contributed by atoms with Crippen molar-refractivity contribution in [2.24, 2.45) is 10.9 Å². The van der Waals surface area contributed by atoms with Crippen LogP contribution in [0.4, 0.5) is 5.69 Å².